The van der Waals surface area contributed by atoms with Crippen molar-refractivity contribution in [2.24, 2.45) is 5.73 Å². The molecule has 0 spiro atoms. The first-order valence-electron chi connectivity index (χ1n) is 3.74. The molecule has 1 aromatic heterocycles. The SMILES string of the molecule is NCC[C@@H](O)c1ncccc1F. The summed E-state index contributed by atoms with van der Waals surface area (Å²) in [5.74, 6) is -0.488. The highest BCUT2D eigenvalue weighted by Crippen LogP contribution is 2.15. The number of aliphatic hydroxyl groups excluding tert-OH is 1. The van der Waals surface area contributed by atoms with E-state index in [-0.39, 0.29) is 5.69 Å². The van der Waals surface area contributed by atoms with Gasteiger partial charge in [-0.05, 0) is 25.1 Å². The summed E-state index contributed by atoms with van der Waals surface area (Å²) in [5.41, 5.74) is 5.28. The van der Waals surface area contributed by atoms with Crippen LogP contribution in [-0.4, -0.2) is 16.6 Å². The molecule has 0 radical (unpaired) electrons. The lowest BCUT2D eigenvalue weighted by molar-refractivity contribution is 0.160. The van der Waals surface area contributed by atoms with Gasteiger partial charge in [0.15, 0.2) is 0 Å². The molecule has 0 aromatic carbocycles. The fourth-order valence-corrected chi connectivity index (χ4v) is 0.938. The average Bonchev–Trinajstić information content (AvgIpc) is 2.05. The first-order valence-corrected chi connectivity index (χ1v) is 3.74. The third kappa shape index (κ3) is 1.99. The van der Waals surface area contributed by atoms with Gasteiger partial charge >= 0.3 is 0 Å². The molecule has 0 saturated carbocycles. The van der Waals surface area contributed by atoms with Crippen LogP contribution in [0.2, 0.25) is 0 Å². The summed E-state index contributed by atoms with van der Waals surface area (Å²) in [6.07, 6.45) is 0.878. The van der Waals surface area contributed by atoms with Gasteiger partial charge in [-0.25, -0.2) is 4.39 Å². The summed E-state index contributed by atoms with van der Waals surface area (Å²) in [7, 11) is 0. The molecule has 3 N–H and O–H groups in total. The highest BCUT2D eigenvalue weighted by molar-refractivity contribution is 5.09. The summed E-state index contributed by atoms with van der Waals surface area (Å²) < 4.78 is 12.9. The van der Waals surface area contributed by atoms with Crippen LogP contribution in [-0.2, 0) is 0 Å². The van der Waals surface area contributed by atoms with Crippen LogP contribution in [0.1, 0.15) is 18.2 Å². The summed E-state index contributed by atoms with van der Waals surface area (Å²) in [6, 6.07) is 2.75. The Balaban J connectivity index is 2.79. The molecule has 1 rings (SSSR count). The molecule has 12 heavy (non-hydrogen) atoms. The lowest BCUT2D eigenvalue weighted by Crippen LogP contribution is -2.09. The van der Waals surface area contributed by atoms with Gasteiger partial charge in [0.05, 0.1) is 0 Å². The number of pyridine rings is 1. The molecule has 0 aliphatic rings. The highest BCUT2D eigenvalue weighted by atomic mass is 19.1. The van der Waals surface area contributed by atoms with Gasteiger partial charge in [0.1, 0.15) is 17.6 Å². The number of nitrogens with two attached hydrogens (primary N) is 1. The van der Waals surface area contributed by atoms with E-state index in [2.05, 4.69) is 4.98 Å². The third-order valence-corrected chi connectivity index (χ3v) is 1.54. The van der Waals surface area contributed by atoms with Crippen molar-refractivity contribution in [1.82, 2.24) is 4.98 Å². The largest absolute Gasteiger partial charge is 0.387 e. The molecule has 3 nitrogen and oxygen atoms in total. The molecule has 1 heterocycles. The molecule has 1 aromatic rings. The maximum atomic E-state index is 12.9. The normalized spacial score (nSPS) is 12.9. The summed E-state index contributed by atoms with van der Waals surface area (Å²) in [6.45, 7) is 0.317. The lowest BCUT2D eigenvalue weighted by Gasteiger charge is -2.08. The number of aliphatic hydroxyl groups is 1. The highest BCUT2D eigenvalue weighted by Gasteiger charge is 2.11. The van der Waals surface area contributed by atoms with Crippen LogP contribution in [0.4, 0.5) is 4.39 Å². The summed E-state index contributed by atoms with van der Waals surface area (Å²) >= 11 is 0. The monoisotopic (exact) mass is 170 g/mol. The Morgan fingerprint density at radius 1 is 1.67 bits per heavy atom. The van der Waals surface area contributed by atoms with Gasteiger partial charge in [-0.2, -0.15) is 0 Å². The van der Waals surface area contributed by atoms with Crippen molar-refractivity contribution in [3.8, 4) is 0 Å². The van der Waals surface area contributed by atoms with Crippen molar-refractivity contribution in [2.45, 2.75) is 12.5 Å². The Morgan fingerprint density at radius 3 is 3.00 bits per heavy atom. The molecule has 0 fully saturated rings. The van der Waals surface area contributed by atoms with Crippen molar-refractivity contribution in [3.63, 3.8) is 0 Å². The lowest BCUT2D eigenvalue weighted by atomic mass is 10.1. The molecule has 0 saturated heterocycles. The van der Waals surface area contributed by atoms with Crippen LogP contribution >= 0.6 is 0 Å². The van der Waals surface area contributed by atoms with E-state index in [1.54, 1.807) is 0 Å². The molecule has 0 unspecified atom stereocenters. The van der Waals surface area contributed by atoms with E-state index in [1.165, 1.54) is 18.3 Å². The molecule has 1 atom stereocenters. The Kier molecular flexibility index (Phi) is 3.13. The minimum absolute atomic E-state index is 0.0722. The molecular formula is C8H11FN2O. The summed E-state index contributed by atoms with van der Waals surface area (Å²) in [5, 5.41) is 9.32. The first kappa shape index (κ1) is 9.09. The molecule has 0 aliphatic heterocycles. The van der Waals surface area contributed by atoms with E-state index in [0.717, 1.165) is 0 Å². The van der Waals surface area contributed by atoms with Crippen molar-refractivity contribution in [1.29, 1.82) is 0 Å². The fraction of sp³-hybridized carbons (Fsp3) is 0.375. The van der Waals surface area contributed by atoms with E-state index in [0.29, 0.717) is 13.0 Å². The van der Waals surface area contributed by atoms with E-state index >= 15 is 0 Å². The maximum absolute atomic E-state index is 12.9. The van der Waals surface area contributed by atoms with Crippen LogP contribution in [0.25, 0.3) is 0 Å². The first-order chi connectivity index (χ1) is 5.75. The van der Waals surface area contributed by atoms with Gasteiger partial charge in [-0.15, -0.1) is 0 Å². The zero-order chi connectivity index (χ0) is 8.97. The molecule has 66 valence electrons. The minimum atomic E-state index is -0.892. The predicted octanol–water partition coefficient (Wildman–Crippen LogP) is 0.603. The number of aromatic nitrogens is 1. The fourth-order valence-electron chi connectivity index (χ4n) is 0.938. The van der Waals surface area contributed by atoms with E-state index in [4.69, 9.17) is 5.73 Å². The average molecular weight is 170 g/mol. The second kappa shape index (κ2) is 4.13. The number of halogens is 1. The van der Waals surface area contributed by atoms with Gasteiger partial charge in [0.25, 0.3) is 0 Å². The molecule has 0 aliphatic carbocycles. The topological polar surface area (TPSA) is 59.1 Å². The Bertz CT molecular complexity index is 255. The predicted molar refractivity (Wildman–Crippen MR) is 42.8 cm³/mol. The number of rotatable bonds is 3. The molecular weight excluding hydrogens is 159 g/mol. The molecule has 0 amide bonds. The number of hydrogen-bond acceptors (Lipinski definition) is 3. The molecule has 4 heteroatoms. The third-order valence-electron chi connectivity index (χ3n) is 1.54. The van der Waals surface area contributed by atoms with E-state index < -0.39 is 11.9 Å². The van der Waals surface area contributed by atoms with Gasteiger partial charge in [-0.3, -0.25) is 4.98 Å². The van der Waals surface area contributed by atoms with Crippen molar-refractivity contribution in [3.05, 3.63) is 29.8 Å². The number of nitrogens with zero attached hydrogens (tertiary/aromatic N) is 1. The van der Waals surface area contributed by atoms with Gasteiger partial charge in [-0.1, -0.05) is 0 Å². The van der Waals surface area contributed by atoms with Crippen LogP contribution in [0.3, 0.4) is 0 Å². The van der Waals surface area contributed by atoms with Crippen molar-refractivity contribution in [2.75, 3.05) is 6.54 Å². The van der Waals surface area contributed by atoms with Gasteiger partial charge < -0.3 is 10.8 Å². The zero-order valence-electron chi connectivity index (χ0n) is 6.57. The standard InChI is InChI=1S/C8H11FN2O/c9-6-2-1-5-11-8(6)7(12)3-4-10/h1-2,5,7,12H,3-4,10H2/t7-/m1/s1. The Hall–Kier alpha value is -1.00. The second-order valence-electron chi connectivity index (χ2n) is 2.46. The molecule has 0 bridgehead atoms. The van der Waals surface area contributed by atoms with Crippen LogP contribution < -0.4 is 5.73 Å². The van der Waals surface area contributed by atoms with E-state index in [9.17, 15) is 9.50 Å². The quantitative estimate of drug-likeness (QED) is 0.698. The van der Waals surface area contributed by atoms with Crippen LogP contribution in [0.15, 0.2) is 18.3 Å². The second-order valence-corrected chi connectivity index (χ2v) is 2.46. The minimum Gasteiger partial charge on any atom is -0.387 e. The Labute approximate surface area is 70.0 Å². The summed E-state index contributed by atoms with van der Waals surface area (Å²) in [4.78, 5) is 3.72. The van der Waals surface area contributed by atoms with Crippen molar-refractivity contribution >= 4 is 0 Å². The van der Waals surface area contributed by atoms with Gasteiger partial charge in [0, 0.05) is 6.20 Å². The smallest absolute Gasteiger partial charge is 0.147 e. The zero-order valence-corrected chi connectivity index (χ0v) is 6.57. The van der Waals surface area contributed by atoms with Crippen LogP contribution in [0.5, 0.6) is 0 Å². The Morgan fingerprint density at radius 2 is 2.42 bits per heavy atom. The van der Waals surface area contributed by atoms with Crippen LogP contribution in [0, 0.1) is 5.82 Å². The van der Waals surface area contributed by atoms with Crippen molar-refractivity contribution < 1.29 is 9.50 Å². The van der Waals surface area contributed by atoms with E-state index in [1.807, 2.05) is 0 Å². The maximum Gasteiger partial charge on any atom is 0.147 e. The van der Waals surface area contributed by atoms with Gasteiger partial charge in [0.2, 0.25) is 0 Å². The number of hydrogen-bond donors (Lipinski definition) is 2.